The van der Waals surface area contributed by atoms with Crippen molar-refractivity contribution in [3.8, 4) is 0 Å². The molecule has 0 fully saturated rings. The molecule has 1 aromatic rings. The second-order valence-corrected chi connectivity index (χ2v) is 3.65. The molecule has 3 nitrogen and oxygen atoms in total. The molecule has 0 radical (unpaired) electrons. The molecule has 0 N–H and O–H groups in total. The Morgan fingerprint density at radius 2 is 1.58 bits per heavy atom. The van der Waals surface area contributed by atoms with E-state index in [1.54, 1.807) is 12.1 Å². The summed E-state index contributed by atoms with van der Waals surface area (Å²) in [6, 6.07) is 5.78. The summed E-state index contributed by atoms with van der Waals surface area (Å²) < 4.78 is 31.2. The monoisotopic (exact) mass is 227 g/mol. The molecular formula is C7H7FeO3S-. The SMILES string of the molecule is Cc1ccc(S(=O)(=O)[O-])cc1.[Fe]. The fourth-order valence-electron chi connectivity index (χ4n) is 0.705. The zero-order valence-electron chi connectivity index (χ0n) is 6.30. The fraction of sp³-hybridized carbons (Fsp3) is 0.143. The zero-order valence-corrected chi connectivity index (χ0v) is 8.22. The number of aryl methyl sites for hydroxylation is 1. The first-order valence-electron chi connectivity index (χ1n) is 3.03. The topological polar surface area (TPSA) is 57.2 Å². The molecule has 5 heteroatoms. The summed E-state index contributed by atoms with van der Waals surface area (Å²) in [7, 11) is -4.27. The van der Waals surface area contributed by atoms with Crippen molar-refractivity contribution in [1.29, 1.82) is 0 Å². The average molecular weight is 227 g/mol. The van der Waals surface area contributed by atoms with Gasteiger partial charge in [0.15, 0.2) is 0 Å². The molecule has 0 atom stereocenters. The summed E-state index contributed by atoms with van der Waals surface area (Å²) in [5, 5.41) is 0. The van der Waals surface area contributed by atoms with Gasteiger partial charge in [-0.3, -0.25) is 0 Å². The second-order valence-electron chi connectivity index (χ2n) is 2.27. The number of rotatable bonds is 1. The van der Waals surface area contributed by atoms with Crippen molar-refractivity contribution in [2.24, 2.45) is 0 Å². The summed E-state index contributed by atoms with van der Waals surface area (Å²) >= 11 is 0. The molecule has 0 aliphatic heterocycles. The van der Waals surface area contributed by atoms with Crippen LogP contribution in [-0.2, 0) is 27.2 Å². The van der Waals surface area contributed by atoms with Crippen LogP contribution in [0.1, 0.15) is 5.56 Å². The largest absolute Gasteiger partial charge is 0.744 e. The normalized spacial score (nSPS) is 10.5. The van der Waals surface area contributed by atoms with Crippen LogP contribution in [0.4, 0.5) is 0 Å². The van der Waals surface area contributed by atoms with E-state index >= 15 is 0 Å². The van der Waals surface area contributed by atoms with Crippen molar-refractivity contribution in [1.82, 2.24) is 0 Å². The molecule has 0 aliphatic rings. The van der Waals surface area contributed by atoms with Crippen LogP contribution in [0.5, 0.6) is 0 Å². The van der Waals surface area contributed by atoms with Gasteiger partial charge in [0, 0.05) is 17.1 Å². The molecule has 12 heavy (non-hydrogen) atoms. The van der Waals surface area contributed by atoms with Crippen molar-refractivity contribution in [3.63, 3.8) is 0 Å². The van der Waals surface area contributed by atoms with E-state index in [4.69, 9.17) is 0 Å². The maximum absolute atomic E-state index is 10.4. The van der Waals surface area contributed by atoms with E-state index in [9.17, 15) is 13.0 Å². The van der Waals surface area contributed by atoms with Crippen LogP contribution in [0.15, 0.2) is 29.2 Å². The van der Waals surface area contributed by atoms with Crippen LogP contribution >= 0.6 is 0 Å². The molecule has 68 valence electrons. The van der Waals surface area contributed by atoms with Crippen LogP contribution in [0, 0.1) is 6.92 Å². The number of hydrogen-bond acceptors (Lipinski definition) is 3. The molecule has 0 heterocycles. The first-order valence-corrected chi connectivity index (χ1v) is 4.43. The molecule has 0 unspecified atom stereocenters. The Morgan fingerprint density at radius 1 is 1.17 bits per heavy atom. The molecule has 0 aliphatic carbocycles. The van der Waals surface area contributed by atoms with E-state index in [1.807, 2.05) is 6.92 Å². The van der Waals surface area contributed by atoms with Gasteiger partial charge in [-0.1, -0.05) is 17.7 Å². The van der Waals surface area contributed by atoms with Crippen LogP contribution in [0.25, 0.3) is 0 Å². The molecule has 0 amide bonds. The van der Waals surface area contributed by atoms with Crippen molar-refractivity contribution in [3.05, 3.63) is 29.8 Å². The first-order chi connectivity index (χ1) is 5.00. The summed E-state index contributed by atoms with van der Waals surface area (Å²) in [5.41, 5.74) is 0.928. The molecule has 0 aromatic heterocycles. The summed E-state index contributed by atoms with van der Waals surface area (Å²) in [6.07, 6.45) is 0. The number of hydrogen-bond donors (Lipinski definition) is 0. The number of benzene rings is 1. The Labute approximate surface area is 82.0 Å². The van der Waals surface area contributed by atoms with Gasteiger partial charge in [0.05, 0.1) is 4.90 Å². The van der Waals surface area contributed by atoms with Gasteiger partial charge < -0.3 is 4.55 Å². The Balaban J connectivity index is 0.00000121. The third kappa shape index (κ3) is 2.95. The van der Waals surface area contributed by atoms with Gasteiger partial charge in [-0.15, -0.1) is 0 Å². The van der Waals surface area contributed by atoms with Gasteiger partial charge >= 0.3 is 0 Å². The minimum atomic E-state index is -4.27. The summed E-state index contributed by atoms with van der Waals surface area (Å²) in [5.74, 6) is 0. The Hall–Kier alpha value is -0.351. The van der Waals surface area contributed by atoms with Crippen LogP contribution in [0.3, 0.4) is 0 Å². The predicted molar refractivity (Wildman–Crippen MR) is 39.1 cm³/mol. The molecule has 1 rings (SSSR count). The van der Waals surface area contributed by atoms with E-state index in [-0.39, 0.29) is 22.0 Å². The van der Waals surface area contributed by atoms with Crippen molar-refractivity contribution in [2.75, 3.05) is 0 Å². The molecule has 1 aromatic carbocycles. The molecule has 0 spiro atoms. The van der Waals surface area contributed by atoms with E-state index in [0.717, 1.165) is 5.56 Å². The van der Waals surface area contributed by atoms with Crippen LogP contribution < -0.4 is 0 Å². The van der Waals surface area contributed by atoms with Crippen molar-refractivity contribution < 1.29 is 30.0 Å². The van der Waals surface area contributed by atoms with Gasteiger partial charge in [0.1, 0.15) is 10.1 Å². The zero-order chi connectivity index (χ0) is 8.48. The predicted octanol–water partition coefficient (Wildman–Crippen LogP) is 0.897. The second kappa shape index (κ2) is 4.05. The first kappa shape index (κ1) is 11.6. The molecule has 0 saturated carbocycles. The van der Waals surface area contributed by atoms with Crippen LogP contribution in [0.2, 0.25) is 0 Å². The Kier molecular flexibility index (Phi) is 3.93. The molecular weight excluding hydrogens is 220 g/mol. The quantitative estimate of drug-likeness (QED) is 0.528. The average Bonchev–Trinajstić information content (AvgIpc) is 1.86. The maximum Gasteiger partial charge on any atom is 0.124 e. The Bertz CT molecular complexity index is 341. The molecule has 0 bridgehead atoms. The van der Waals surface area contributed by atoms with Crippen LogP contribution in [-0.4, -0.2) is 13.0 Å². The minimum absolute atomic E-state index is 0. The standard InChI is InChI=1S/C7H8O3S.Fe/c1-6-2-4-7(5-3-6)11(8,9)10;/h2-5H,1H3,(H,8,9,10);/p-1. The van der Waals surface area contributed by atoms with Gasteiger partial charge in [-0.05, 0) is 19.1 Å². The summed E-state index contributed by atoms with van der Waals surface area (Å²) in [6.45, 7) is 1.82. The van der Waals surface area contributed by atoms with Gasteiger partial charge in [0.25, 0.3) is 0 Å². The van der Waals surface area contributed by atoms with E-state index in [2.05, 4.69) is 0 Å². The molecule has 0 saturated heterocycles. The van der Waals surface area contributed by atoms with Crippen molar-refractivity contribution >= 4 is 10.1 Å². The maximum atomic E-state index is 10.4. The minimum Gasteiger partial charge on any atom is -0.744 e. The smallest absolute Gasteiger partial charge is 0.124 e. The van der Waals surface area contributed by atoms with Gasteiger partial charge in [0.2, 0.25) is 0 Å². The third-order valence-corrected chi connectivity index (χ3v) is 2.16. The van der Waals surface area contributed by atoms with Gasteiger partial charge in [-0.2, -0.15) is 0 Å². The van der Waals surface area contributed by atoms with Gasteiger partial charge in [-0.25, -0.2) is 8.42 Å². The van der Waals surface area contributed by atoms with Crippen molar-refractivity contribution in [2.45, 2.75) is 11.8 Å². The summed E-state index contributed by atoms with van der Waals surface area (Å²) in [4.78, 5) is -0.178. The van der Waals surface area contributed by atoms with E-state index in [0.29, 0.717) is 0 Å². The van der Waals surface area contributed by atoms with E-state index < -0.39 is 10.1 Å². The fourth-order valence-corrected chi connectivity index (χ4v) is 1.17. The third-order valence-electron chi connectivity index (χ3n) is 1.31. The Morgan fingerprint density at radius 3 is 1.92 bits per heavy atom. The van der Waals surface area contributed by atoms with E-state index in [1.165, 1.54) is 12.1 Å².